The largest absolute Gasteiger partial charge is 0.378 e. The minimum Gasteiger partial charge on any atom is -0.378 e. The molecular weight excluding hydrogens is 442 g/mol. The Morgan fingerprint density at radius 1 is 1.09 bits per heavy atom. The number of aryl methyl sites for hydroxylation is 2. The molecule has 2 aromatic carbocycles. The molecule has 0 spiro atoms. The number of carbonyl (C=O) groups is 2. The summed E-state index contributed by atoms with van der Waals surface area (Å²) in [6, 6.07) is 14.9. The van der Waals surface area contributed by atoms with E-state index in [2.05, 4.69) is 10.5 Å². The zero-order chi connectivity index (χ0) is 25.8. The number of anilines is 2. The number of nitrogens with one attached hydrogen (secondary N) is 1. The maximum absolute atomic E-state index is 13.5. The van der Waals surface area contributed by atoms with Gasteiger partial charge in [-0.2, -0.15) is 0 Å². The quantitative estimate of drug-likeness (QED) is 0.478. The van der Waals surface area contributed by atoms with Gasteiger partial charge >= 0.3 is 0 Å². The third-order valence-electron chi connectivity index (χ3n) is 5.91. The molecule has 8 heteroatoms. The Morgan fingerprint density at radius 2 is 1.77 bits per heavy atom. The molecule has 0 unspecified atom stereocenters. The lowest BCUT2D eigenvalue weighted by Gasteiger charge is -2.32. The van der Waals surface area contributed by atoms with Crippen LogP contribution in [0.4, 0.5) is 11.4 Å². The van der Waals surface area contributed by atoms with Gasteiger partial charge in [-0.3, -0.25) is 9.59 Å². The summed E-state index contributed by atoms with van der Waals surface area (Å²) in [5.74, 6) is 0.142. The van der Waals surface area contributed by atoms with Crippen molar-refractivity contribution in [1.82, 2.24) is 10.1 Å². The Labute approximate surface area is 207 Å². The van der Waals surface area contributed by atoms with E-state index in [9.17, 15) is 9.59 Å². The Hall–Kier alpha value is -3.65. The molecule has 0 saturated carbocycles. The van der Waals surface area contributed by atoms with Crippen LogP contribution in [-0.4, -0.2) is 49.1 Å². The van der Waals surface area contributed by atoms with Gasteiger partial charge in [-0.05, 0) is 67.8 Å². The number of carbonyl (C=O) groups excluding carboxylic acids is 2. The molecule has 0 aliphatic heterocycles. The third-order valence-corrected chi connectivity index (χ3v) is 5.91. The number of hydrogen-bond donors (Lipinski definition) is 2. The van der Waals surface area contributed by atoms with Gasteiger partial charge < -0.3 is 25.4 Å². The minimum absolute atomic E-state index is 0.154. The summed E-state index contributed by atoms with van der Waals surface area (Å²) in [4.78, 5) is 30.0. The fourth-order valence-corrected chi connectivity index (χ4v) is 3.81. The average molecular weight is 478 g/mol. The molecule has 186 valence electrons. The van der Waals surface area contributed by atoms with E-state index in [1.807, 2.05) is 69.2 Å². The zero-order valence-electron chi connectivity index (χ0n) is 21.4. The van der Waals surface area contributed by atoms with Gasteiger partial charge in [-0.25, -0.2) is 0 Å². The van der Waals surface area contributed by atoms with Crippen LogP contribution in [0.25, 0.3) is 0 Å². The molecule has 2 amide bonds. The lowest BCUT2D eigenvalue weighted by molar-refractivity contribution is 0.0670. The molecule has 8 nitrogen and oxygen atoms in total. The summed E-state index contributed by atoms with van der Waals surface area (Å²) in [7, 11) is 3.91. The summed E-state index contributed by atoms with van der Waals surface area (Å²) >= 11 is 0. The lowest BCUT2D eigenvalue weighted by Crippen LogP contribution is -2.42. The van der Waals surface area contributed by atoms with Gasteiger partial charge in [-0.15, -0.1) is 0 Å². The highest BCUT2D eigenvalue weighted by Crippen LogP contribution is 2.23. The Bertz CT molecular complexity index is 1160. The van der Waals surface area contributed by atoms with Gasteiger partial charge in [0.1, 0.15) is 11.3 Å². The van der Waals surface area contributed by atoms with Crippen molar-refractivity contribution in [3.05, 3.63) is 76.7 Å². The number of nitrogens with two attached hydrogens (primary N) is 1. The highest BCUT2D eigenvalue weighted by molar-refractivity contribution is 6.04. The van der Waals surface area contributed by atoms with E-state index in [1.165, 1.54) is 0 Å². The number of nitrogens with zero attached hydrogens (tertiary/aromatic N) is 3. The van der Waals surface area contributed by atoms with Crippen molar-refractivity contribution >= 4 is 23.2 Å². The molecule has 0 saturated heterocycles. The molecule has 3 aromatic rings. The van der Waals surface area contributed by atoms with Crippen LogP contribution in [0.15, 0.2) is 53.1 Å². The smallest absolute Gasteiger partial charge is 0.259 e. The summed E-state index contributed by atoms with van der Waals surface area (Å²) in [5, 5.41) is 6.89. The Balaban J connectivity index is 1.81. The first-order chi connectivity index (χ1) is 16.5. The van der Waals surface area contributed by atoms with Gasteiger partial charge in [-0.1, -0.05) is 31.1 Å². The summed E-state index contributed by atoms with van der Waals surface area (Å²) < 4.78 is 5.23. The van der Waals surface area contributed by atoms with E-state index in [-0.39, 0.29) is 17.2 Å². The van der Waals surface area contributed by atoms with Crippen LogP contribution in [0, 0.1) is 19.3 Å². The van der Waals surface area contributed by atoms with E-state index < -0.39 is 0 Å². The topological polar surface area (TPSA) is 105 Å². The first-order valence-corrected chi connectivity index (χ1v) is 11.6. The number of hydrogen-bond acceptors (Lipinski definition) is 6. The first-order valence-electron chi connectivity index (χ1n) is 11.6. The van der Waals surface area contributed by atoms with Crippen molar-refractivity contribution in [3.63, 3.8) is 0 Å². The van der Waals surface area contributed by atoms with Crippen LogP contribution in [0.2, 0.25) is 0 Å². The normalized spacial score (nSPS) is 11.3. The van der Waals surface area contributed by atoms with Crippen LogP contribution >= 0.6 is 0 Å². The van der Waals surface area contributed by atoms with Crippen molar-refractivity contribution in [2.75, 3.05) is 37.4 Å². The predicted molar refractivity (Wildman–Crippen MR) is 139 cm³/mol. The van der Waals surface area contributed by atoms with Crippen molar-refractivity contribution in [2.24, 2.45) is 11.1 Å². The molecule has 3 rings (SSSR count). The highest BCUT2D eigenvalue weighted by atomic mass is 16.5. The molecule has 35 heavy (non-hydrogen) atoms. The van der Waals surface area contributed by atoms with Gasteiger partial charge in [0.25, 0.3) is 11.8 Å². The minimum atomic E-state index is -0.279. The standard InChI is InChI=1S/C27H35N5O3/c1-18-24(19(2)35-30-18)26(34)32(17-27(3,4)16-28)15-20-8-7-9-22(14-20)29-25(33)21-10-12-23(13-11-21)31(5)6/h7-14H,15-17,28H2,1-6H3,(H,29,33). The number of rotatable bonds is 9. The molecule has 0 radical (unpaired) electrons. The molecule has 0 atom stereocenters. The van der Waals surface area contributed by atoms with E-state index in [0.717, 1.165) is 11.3 Å². The van der Waals surface area contributed by atoms with Crippen molar-refractivity contribution in [1.29, 1.82) is 0 Å². The zero-order valence-corrected chi connectivity index (χ0v) is 21.4. The van der Waals surface area contributed by atoms with E-state index in [0.29, 0.717) is 47.9 Å². The second-order valence-corrected chi connectivity index (χ2v) is 9.82. The van der Waals surface area contributed by atoms with Gasteiger partial charge in [0.2, 0.25) is 0 Å². The highest BCUT2D eigenvalue weighted by Gasteiger charge is 2.28. The van der Waals surface area contributed by atoms with Crippen molar-refractivity contribution in [3.8, 4) is 0 Å². The van der Waals surface area contributed by atoms with Crippen LogP contribution in [0.1, 0.15) is 51.6 Å². The SMILES string of the molecule is Cc1noc(C)c1C(=O)N(Cc1cccc(NC(=O)c2ccc(N(C)C)cc2)c1)CC(C)(C)CN. The van der Waals surface area contributed by atoms with Crippen LogP contribution < -0.4 is 16.0 Å². The van der Waals surface area contributed by atoms with E-state index in [4.69, 9.17) is 10.3 Å². The van der Waals surface area contributed by atoms with Crippen molar-refractivity contribution in [2.45, 2.75) is 34.2 Å². The van der Waals surface area contributed by atoms with Gasteiger partial charge in [0, 0.05) is 44.1 Å². The summed E-state index contributed by atoms with van der Waals surface area (Å²) in [6.07, 6.45) is 0. The maximum atomic E-state index is 13.5. The molecular formula is C27H35N5O3. The third kappa shape index (κ3) is 6.48. The van der Waals surface area contributed by atoms with Gasteiger partial charge in [0.15, 0.2) is 0 Å². The molecule has 0 fully saturated rings. The lowest BCUT2D eigenvalue weighted by atomic mass is 9.92. The number of aromatic nitrogens is 1. The van der Waals surface area contributed by atoms with Gasteiger partial charge in [0.05, 0.1) is 5.69 Å². The molecule has 1 heterocycles. The van der Waals surface area contributed by atoms with E-state index >= 15 is 0 Å². The Kier molecular flexibility index (Phi) is 7.96. The fraction of sp³-hybridized carbons (Fsp3) is 0.370. The second kappa shape index (κ2) is 10.7. The Morgan fingerprint density at radius 3 is 2.34 bits per heavy atom. The van der Waals surface area contributed by atoms with Crippen LogP contribution in [0.3, 0.4) is 0 Å². The molecule has 0 bridgehead atoms. The monoisotopic (exact) mass is 477 g/mol. The maximum Gasteiger partial charge on any atom is 0.259 e. The summed E-state index contributed by atoms with van der Waals surface area (Å²) in [6.45, 7) is 8.80. The second-order valence-electron chi connectivity index (χ2n) is 9.82. The van der Waals surface area contributed by atoms with Crippen LogP contribution in [-0.2, 0) is 6.54 Å². The molecule has 3 N–H and O–H groups in total. The fourth-order valence-electron chi connectivity index (χ4n) is 3.81. The van der Waals surface area contributed by atoms with Crippen LogP contribution in [0.5, 0.6) is 0 Å². The van der Waals surface area contributed by atoms with E-state index in [1.54, 1.807) is 30.9 Å². The number of amides is 2. The average Bonchev–Trinajstić information content (AvgIpc) is 3.16. The van der Waals surface area contributed by atoms with Crippen molar-refractivity contribution < 1.29 is 14.1 Å². The molecule has 1 aromatic heterocycles. The summed E-state index contributed by atoms with van der Waals surface area (Å²) in [5.41, 5.74) is 9.86. The molecule has 0 aliphatic carbocycles. The molecule has 0 aliphatic rings. The first kappa shape index (κ1) is 26.0. The number of benzene rings is 2. The predicted octanol–water partition coefficient (Wildman–Crippen LogP) is 4.24.